The Labute approximate surface area is 123 Å². The monoisotopic (exact) mass is 311 g/mol. The van der Waals surface area contributed by atoms with Gasteiger partial charge in [0.05, 0.1) is 12.7 Å². The molecular weight excluding hydrogens is 298 g/mol. The summed E-state index contributed by atoms with van der Waals surface area (Å²) in [4.78, 5) is 24.7. The first-order chi connectivity index (χ1) is 9.56. The topological polar surface area (TPSA) is 75.6 Å². The van der Waals surface area contributed by atoms with Gasteiger partial charge in [-0.3, -0.25) is 4.79 Å². The highest BCUT2D eigenvalue weighted by molar-refractivity contribution is 7.17. The summed E-state index contributed by atoms with van der Waals surface area (Å²) in [6.45, 7) is 1.94. The highest BCUT2D eigenvalue weighted by atomic mass is 32.1. The molecule has 0 saturated carbocycles. The van der Waals surface area contributed by atoms with E-state index in [0.717, 1.165) is 11.3 Å². The summed E-state index contributed by atoms with van der Waals surface area (Å²) in [5.74, 6) is -0.921. The maximum Gasteiger partial charge on any atom is 0.338 e. The van der Waals surface area contributed by atoms with Gasteiger partial charge in [-0.1, -0.05) is 6.92 Å². The van der Waals surface area contributed by atoms with Gasteiger partial charge in [0.25, 0.3) is 5.91 Å². The average molecular weight is 311 g/mol. The molecule has 0 radical (unpaired) electrons. The van der Waals surface area contributed by atoms with E-state index in [4.69, 9.17) is 9.84 Å². The minimum atomic E-state index is -1.05. The van der Waals surface area contributed by atoms with Crippen LogP contribution in [0.15, 0.2) is 17.5 Å². The van der Waals surface area contributed by atoms with Crippen molar-refractivity contribution in [2.75, 3.05) is 12.4 Å². The molecule has 0 fully saturated rings. The fourth-order valence-corrected chi connectivity index (χ4v) is 3.39. The normalized spacial score (nSPS) is 10.3. The first kappa shape index (κ1) is 14.5. The predicted octanol–water partition coefficient (Wildman–Crippen LogP) is 3.33. The molecule has 106 valence electrons. The van der Waals surface area contributed by atoms with Crippen molar-refractivity contribution in [3.63, 3.8) is 0 Å². The quantitative estimate of drug-likeness (QED) is 0.888. The van der Waals surface area contributed by atoms with Gasteiger partial charge in [0.1, 0.15) is 15.6 Å². The molecule has 0 spiro atoms. The standard InChI is InChI=1S/C13H13NO4S2/c1-3-7-6-8(13(16)17)12(20-7)14-11(15)10-9(18-2)4-5-19-10/h4-6H,3H2,1-2H3,(H,14,15)(H,16,17). The molecule has 1 amide bonds. The number of aromatic carboxylic acids is 1. The smallest absolute Gasteiger partial charge is 0.338 e. The lowest BCUT2D eigenvalue weighted by atomic mass is 10.2. The lowest BCUT2D eigenvalue weighted by Crippen LogP contribution is -2.12. The van der Waals surface area contributed by atoms with Gasteiger partial charge in [0, 0.05) is 4.88 Å². The summed E-state index contributed by atoms with van der Waals surface area (Å²) in [6, 6.07) is 3.29. The maximum absolute atomic E-state index is 12.2. The molecule has 0 bridgehead atoms. The molecule has 5 nitrogen and oxygen atoms in total. The van der Waals surface area contributed by atoms with Crippen molar-refractivity contribution < 1.29 is 19.4 Å². The van der Waals surface area contributed by atoms with Crippen LogP contribution in [-0.4, -0.2) is 24.1 Å². The van der Waals surface area contributed by atoms with Gasteiger partial charge in [-0.2, -0.15) is 0 Å². The van der Waals surface area contributed by atoms with Crippen molar-refractivity contribution in [3.8, 4) is 5.75 Å². The van der Waals surface area contributed by atoms with Crippen LogP contribution in [0, 0.1) is 0 Å². The Kier molecular flexibility index (Phi) is 4.41. The number of hydrogen-bond acceptors (Lipinski definition) is 5. The van der Waals surface area contributed by atoms with Crippen molar-refractivity contribution in [3.05, 3.63) is 32.8 Å². The molecular formula is C13H13NO4S2. The highest BCUT2D eigenvalue weighted by Gasteiger charge is 2.20. The molecule has 0 aromatic carbocycles. The number of rotatable bonds is 5. The molecule has 0 atom stereocenters. The molecule has 0 aliphatic heterocycles. The second-order valence-corrected chi connectivity index (χ2v) is 5.94. The number of methoxy groups -OCH3 is 1. The molecule has 2 aromatic rings. The fourth-order valence-electron chi connectivity index (χ4n) is 1.65. The first-order valence-corrected chi connectivity index (χ1v) is 7.55. The van der Waals surface area contributed by atoms with Gasteiger partial charge < -0.3 is 15.2 Å². The van der Waals surface area contributed by atoms with E-state index in [0.29, 0.717) is 15.6 Å². The van der Waals surface area contributed by atoms with Crippen LogP contribution in [0.3, 0.4) is 0 Å². The molecule has 0 saturated heterocycles. The van der Waals surface area contributed by atoms with E-state index < -0.39 is 5.97 Å². The van der Waals surface area contributed by atoms with E-state index in [1.165, 1.54) is 29.8 Å². The van der Waals surface area contributed by atoms with Crippen molar-refractivity contribution in [2.45, 2.75) is 13.3 Å². The molecule has 2 heterocycles. The molecule has 7 heteroatoms. The summed E-state index contributed by atoms with van der Waals surface area (Å²) >= 11 is 2.53. The number of hydrogen-bond donors (Lipinski definition) is 2. The van der Waals surface area contributed by atoms with Crippen LogP contribution in [0.5, 0.6) is 5.75 Å². The van der Waals surface area contributed by atoms with Crippen molar-refractivity contribution in [2.24, 2.45) is 0 Å². The first-order valence-electron chi connectivity index (χ1n) is 5.85. The van der Waals surface area contributed by atoms with E-state index >= 15 is 0 Å². The molecule has 0 aliphatic rings. The van der Waals surface area contributed by atoms with E-state index in [1.807, 2.05) is 6.92 Å². The van der Waals surface area contributed by atoms with Gasteiger partial charge >= 0.3 is 5.97 Å². The second kappa shape index (κ2) is 6.06. The van der Waals surface area contributed by atoms with Crippen molar-refractivity contribution in [1.82, 2.24) is 0 Å². The summed E-state index contributed by atoms with van der Waals surface area (Å²) in [5.41, 5.74) is 0.121. The number of carboxylic acid groups (broad SMARTS) is 1. The van der Waals surface area contributed by atoms with E-state index in [2.05, 4.69) is 5.32 Å². The summed E-state index contributed by atoms with van der Waals surface area (Å²) in [6.07, 6.45) is 0.725. The molecule has 2 aromatic heterocycles. The predicted molar refractivity (Wildman–Crippen MR) is 79.5 cm³/mol. The number of ether oxygens (including phenoxy) is 1. The number of carbonyl (C=O) groups excluding carboxylic acids is 1. The van der Waals surface area contributed by atoms with E-state index in [9.17, 15) is 9.59 Å². The van der Waals surface area contributed by atoms with Crippen molar-refractivity contribution >= 4 is 39.6 Å². The Morgan fingerprint density at radius 3 is 2.80 bits per heavy atom. The van der Waals surface area contributed by atoms with Crippen molar-refractivity contribution in [1.29, 1.82) is 0 Å². The zero-order chi connectivity index (χ0) is 14.7. The Hall–Kier alpha value is -1.86. The van der Waals surface area contributed by atoms with Gasteiger partial charge in [0.2, 0.25) is 0 Å². The van der Waals surface area contributed by atoms with E-state index in [-0.39, 0.29) is 11.5 Å². The summed E-state index contributed by atoms with van der Waals surface area (Å²) < 4.78 is 5.08. The van der Waals surface area contributed by atoms with E-state index in [1.54, 1.807) is 17.5 Å². The number of aryl methyl sites for hydroxylation is 1. The Morgan fingerprint density at radius 1 is 1.45 bits per heavy atom. The van der Waals surface area contributed by atoms with Crippen LogP contribution in [0.1, 0.15) is 31.8 Å². The molecule has 20 heavy (non-hydrogen) atoms. The summed E-state index contributed by atoms with van der Waals surface area (Å²) in [7, 11) is 1.49. The zero-order valence-electron chi connectivity index (χ0n) is 10.9. The number of carbonyl (C=O) groups is 2. The zero-order valence-corrected chi connectivity index (χ0v) is 12.6. The SMILES string of the molecule is CCc1cc(C(=O)O)c(NC(=O)c2sccc2OC)s1. The minimum Gasteiger partial charge on any atom is -0.495 e. The Balaban J connectivity index is 2.27. The number of amides is 1. The minimum absolute atomic E-state index is 0.121. The third-order valence-electron chi connectivity index (χ3n) is 2.64. The van der Waals surface area contributed by atoms with Gasteiger partial charge in [0.15, 0.2) is 0 Å². The van der Waals surface area contributed by atoms with Crippen LogP contribution in [0.25, 0.3) is 0 Å². The lowest BCUT2D eigenvalue weighted by Gasteiger charge is -2.04. The van der Waals surface area contributed by atoms with Crippen LogP contribution in [0.2, 0.25) is 0 Å². The molecule has 0 aliphatic carbocycles. The maximum atomic E-state index is 12.2. The Morgan fingerprint density at radius 2 is 2.20 bits per heavy atom. The van der Waals surface area contributed by atoms with Crippen LogP contribution < -0.4 is 10.1 Å². The fraction of sp³-hybridized carbons (Fsp3) is 0.231. The molecule has 2 rings (SSSR count). The highest BCUT2D eigenvalue weighted by Crippen LogP contribution is 2.31. The van der Waals surface area contributed by atoms with Gasteiger partial charge in [-0.15, -0.1) is 22.7 Å². The van der Waals surface area contributed by atoms with Gasteiger partial charge in [-0.25, -0.2) is 4.79 Å². The van der Waals surface area contributed by atoms with Crippen LogP contribution in [-0.2, 0) is 6.42 Å². The number of anilines is 1. The third kappa shape index (κ3) is 2.83. The largest absolute Gasteiger partial charge is 0.495 e. The number of thiophene rings is 2. The number of nitrogens with one attached hydrogen (secondary N) is 1. The third-order valence-corrected chi connectivity index (χ3v) is 4.73. The number of carboxylic acids is 1. The van der Waals surface area contributed by atoms with Crippen LogP contribution >= 0.6 is 22.7 Å². The van der Waals surface area contributed by atoms with Gasteiger partial charge in [-0.05, 0) is 23.9 Å². The molecule has 2 N–H and O–H groups in total. The lowest BCUT2D eigenvalue weighted by molar-refractivity contribution is 0.0698. The summed E-state index contributed by atoms with van der Waals surface area (Å²) in [5, 5.41) is 13.9. The Bertz CT molecular complexity index is 645. The second-order valence-electron chi connectivity index (χ2n) is 3.89. The molecule has 0 unspecified atom stereocenters. The average Bonchev–Trinajstić information content (AvgIpc) is 3.04. The van der Waals surface area contributed by atoms with Crippen LogP contribution in [0.4, 0.5) is 5.00 Å².